The van der Waals surface area contributed by atoms with Gasteiger partial charge in [-0.2, -0.15) is 18.3 Å². The lowest BCUT2D eigenvalue weighted by atomic mass is 10.2. The summed E-state index contributed by atoms with van der Waals surface area (Å²) in [5, 5.41) is 3.41. The minimum atomic E-state index is -4.50. The van der Waals surface area contributed by atoms with Crippen LogP contribution in [0.2, 0.25) is 0 Å². The van der Waals surface area contributed by atoms with Gasteiger partial charge in [-0.15, -0.1) is 0 Å². The minimum Gasteiger partial charge on any atom is -0.298 e. The van der Waals surface area contributed by atoms with Crippen molar-refractivity contribution in [3.8, 4) is 5.69 Å². The number of carbonyl (C=O) groups excluding carboxylic acids is 1. The van der Waals surface area contributed by atoms with E-state index < -0.39 is 11.9 Å². The fourth-order valence-electron chi connectivity index (χ4n) is 1.42. The maximum absolute atomic E-state index is 12.4. The van der Waals surface area contributed by atoms with Crippen LogP contribution in [0.5, 0.6) is 0 Å². The van der Waals surface area contributed by atoms with Gasteiger partial charge >= 0.3 is 6.18 Å². The van der Waals surface area contributed by atoms with Crippen molar-refractivity contribution in [3.05, 3.63) is 46.2 Å². The van der Waals surface area contributed by atoms with E-state index in [1.165, 1.54) is 12.1 Å². The Morgan fingerprint density at radius 2 is 2.00 bits per heavy atom. The molecule has 0 aliphatic heterocycles. The van der Waals surface area contributed by atoms with Gasteiger partial charge in [0.15, 0.2) is 12.0 Å². The van der Waals surface area contributed by atoms with E-state index in [9.17, 15) is 18.0 Å². The Balaban J connectivity index is 2.52. The average molecular weight is 319 g/mol. The molecule has 0 bridgehead atoms. The van der Waals surface area contributed by atoms with Crippen molar-refractivity contribution in [1.82, 2.24) is 9.78 Å². The summed E-state index contributed by atoms with van der Waals surface area (Å²) >= 11 is 3.19. The van der Waals surface area contributed by atoms with Crippen LogP contribution in [0.3, 0.4) is 0 Å². The second kappa shape index (κ2) is 4.56. The van der Waals surface area contributed by atoms with Crippen molar-refractivity contribution in [2.75, 3.05) is 0 Å². The fraction of sp³-hybridized carbons (Fsp3) is 0.0909. The lowest BCUT2D eigenvalue weighted by Gasteiger charge is -2.06. The Labute approximate surface area is 108 Å². The molecule has 0 N–H and O–H groups in total. The van der Waals surface area contributed by atoms with Gasteiger partial charge in [0.1, 0.15) is 0 Å². The third kappa shape index (κ3) is 2.45. The fourth-order valence-corrected chi connectivity index (χ4v) is 1.77. The molecule has 94 valence electrons. The van der Waals surface area contributed by atoms with Crippen molar-refractivity contribution >= 4 is 22.2 Å². The maximum Gasteiger partial charge on any atom is 0.435 e. The van der Waals surface area contributed by atoms with Crippen LogP contribution in [0.1, 0.15) is 16.1 Å². The van der Waals surface area contributed by atoms with Crippen molar-refractivity contribution in [2.24, 2.45) is 0 Å². The van der Waals surface area contributed by atoms with E-state index in [-0.39, 0.29) is 11.3 Å². The summed E-state index contributed by atoms with van der Waals surface area (Å²) in [4.78, 5) is 10.8. The Hall–Kier alpha value is -1.63. The molecule has 0 saturated carbocycles. The van der Waals surface area contributed by atoms with E-state index in [4.69, 9.17) is 0 Å². The van der Waals surface area contributed by atoms with Crippen LogP contribution in [0, 0.1) is 0 Å². The normalized spacial score (nSPS) is 11.6. The first-order valence-corrected chi connectivity index (χ1v) is 5.59. The van der Waals surface area contributed by atoms with E-state index in [0.717, 1.165) is 16.9 Å². The highest BCUT2D eigenvalue weighted by Crippen LogP contribution is 2.28. The monoisotopic (exact) mass is 318 g/mol. The quantitative estimate of drug-likeness (QED) is 0.795. The number of aromatic nitrogens is 2. The molecular formula is C11H6BrF3N2O. The summed E-state index contributed by atoms with van der Waals surface area (Å²) < 4.78 is 38.9. The van der Waals surface area contributed by atoms with Crippen LogP contribution in [0.25, 0.3) is 5.69 Å². The summed E-state index contributed by atoms with van der Waals surface area (Å²) in [6.45, 7) is 0. The van der Waals surface area contributed by atoms with Gasteiger partial charge in [-0.05, 0) is 24.3 Å². The predicted molar refractivity (Wildman–Crippen MR) is 61.7 cm³/mol. The molecule has 0 atom stereocenters. The molecule has 0 saturated heterocycles. The molecule has 18 heavy (non-hydrogen) atoms. The van der Waals surface area contributed by atoms with Crippen molar-refractivity contribution < 1.29 is 18.0 Å². The first-order valence-electron chi connectivity index (χ1n) is 4.80. The number of halogens is 4. The van der Waals surface area contributed by atoms with E-state index in [1.54, 1.807) is 6.07 Å². The van der Waals surface area contributed by atoms with Gasteiger partial charge in [0, 0.05) is 16.2 Å². The Kier molecular flexibility index (Phi) is 3.25. The summed E-state index contributed by atoms with van der Waals surface area (Å²) in [6, 6.07) is 5.51. The standard InChI is InChI=1S/C11H6BrF3N2O/c12-8-2-1-7(6-18)9(5-8)17-4-3-10(16-17)11(13,14)15/h1-6H. The van der Waals surface area contributed by atoms with Gasteiger partial charge in [0.25, 0.3) is 0 Å². The van der Waals surface area contributed by atoms with Crippen LogP contribution in [0.15, 0.2) is 34.9 Å². The van der Waals surface area contributed by atoms with Gasteiger partial charge in [-0.25, -0.2) is 4.68 Å². The maximum atomic E-state index is 12.4. The summed E-state index contributed by atoms with van der Waals surface area (Å²) in [6.07, 6.45) is -2.77. The smallest absolute Gasteiger partial charge is 0.298 e. The molecule has 1 aromatic carbocycles. The SMILES string of the molecule is O=Cc1ccc(Br)cc1-n1ccc(C(F)(F)F)n1. The molecule has 2 aromatic rings. The molecule has 3 nitrogen and oxygen atoms in total. The van der Waals surface area contributed by atoms with Crippen LogP contribution >= 0.6 is 15.9 Å². The second-order valence-corrected chi connectivity index (χ2v) is 4.38. The first-order chi connectivity index (χ1) is 8.41. The van der Waals surface area contributed by atoms with Crippen LogP contribution in [-0.4, -0.2) is 16.1 Å². The molecule has 0 amide bonds. The molecule has 0 unspecified atom stereocenters. The van der Waals surface area contributed by atoms with E-state index in [0.29, 0.717) is 10.8 Å². The number of alkyl halides is 3. The zero-order valence-corrected chi connectivity index (χ0v) is 10.4. The topological polar surface area (TPSA) is 34.9 Å². The van der Waals surface area contributed by atoms with Crippen molar-refractivity contribution in [1.29, 1.82) is 0 Å². The van der Waals surface area contributed by atoms with E-state index >= 15 is 0 Å². The third-order valence-electron chi connectivity index (χ3n) is 2.25. The molecule has 2 rings (SSSR count). The summed E-state index contributed by atoms with van der Waals surface area (Å²) in [5.41, 5.74) is -0.454. The summed E-state index contributed by atoms with van der Waals surface area (Å²) in [5.74, 6) is 0. The highest BCUT2D eigenvalue weighted by molar-refractivity contribution is 9.10. The van der Waals surface area contributed by atoms with Gasteiger partial charge in [0.05, 0.1) is 5.69 Å². The summed E-state index contributed by atoms with van der Waals surface area (Å²) in [7, 11) is 0. The number of carbonyl (C=O) groups is 1. The largest absolute Gasteiger partial charge is 0.435 e. The number of aldehydes is 1. The van der Waals surface area contributed by atoms with Gasteiger partial charge in [-0.1, -0.05) is 15.9 Å². The number of hydrogen-bond acceptors (Lipinski definition) is 2. The van der Waals surface area contributed by atoms with Gasteiger partial charge in [-0.3, -0.25) is 4.79 Å². The highest BCUT2D eigenvalue weighted by atomic mass is 79.9. The lowest BCUT2D eigenvalue weighted by Crippen LogP contribution is -2.08. The second-order valence-electron chi connectivity index (χ2n) is 3.46. The molecule has 0 radical (unpaired) electrons. The number of hydrogen-bond donors (Lipinski definition) is 0. The number of benzene rings is 1. The van der Waals surface area contributed by atoms with E-state index in [2.05, 4.69) is 21.0 Å². The molecule has 7 heteroatoms. The van der Waals surface area contributed by atoms with Gasteiger partial charge < -0.3 is 0 Å². The van der Waals surface area contributed by atoms with Crippen LogP contribution in [0.4, 0.5) is 13.2 Å². The number of nitrogens with zero attached hydrogens (tertiary/aromatic N) is 2. The molecule has 0 fully saturated rings. The van der Waals surface area contributed by atoms with E-state index in [1.807, 2.05) is 0 Å². The Morgan fingerprint density at radius 3 is 2.56 bits per heavy atom. The minimum absolute atomic E-state index is 0.259. The third-order valence-corrected chi connectivity index (χ3v) is 2.74. The molecule has 1 heterocycles. The zero-order chi connectivity index (χ0) is 13.3. The highest BCUT2D eigenvalue weighted by Gasteiger charge is 2.33. The Morgan fingerprint density at radius 1 is 1.28 bits per heavy atom. The Bertz CT molecular complexity index is 592. The number of rotatable bonds is 2. The first kappa shape index (κ1) is 12.8. The lowest BCUT2D eigenvalue weighted by molar-refractivity contribution is -0.141. The van der Waals surface area contributed by atoms with Crippen LogP contribution in [-0.2, 0) is 6.18 Å². The van der Waals surface area contributed by atoms with Gasteiger partial charge in [0.2, 0.25) is 0 Å². The molecule has 0 spiro atoms. The van der Waals surface area contributed by atoms with Crippen molar-refractivity contribution in [3.63, 3.8) is 0 Å². The molecule has 1 aromatic heterocycles. The zero-order valence-electron chi connectivity index (χ0n) is 8.78. The molecular weight excluding hydrogens is 313 g/mol. The average Bonchev–Trinajstić information content (AvgIpc) is 2.77. The molecule has 0 aliphatic rings. The predicted octanol–water partition coefficient (Wildman–Crippen LogP) is 3.47. The van der Waals surface area contributed by atoms with Crippen molar-refractivity contribution in [2.45, 2.75) is 6.18 Å². The van der Waals surface area contributed by atoms with Crippen LogP contribution < -0.4 is 0 Å². The molecule has 0 aliphatic carbocycles.